The summed E-state index contributed by atoms with van der Waals surface area (Å²) in [6, 6.07) is 0. The van der Waals surface area contributed by atoms with Gasteiger partial charge in [0.2, 0.25) is 0 Å². The van der Waals surface area contributed by atoms with E-state index in [2.05, 4.69) is 0 Å². The second-order valence-corrected chi connectivity index (χ2v) is 3.85. The Morgan fingerprint density at radius 1 is 1.42 bits per heavy atom. The van der Waals surface area contributed by atoms with Crippen molar-refractivity contribution < 1.29 is 9.53 Å². The molecule has 0 N–H and O–H groups in total. The molecule has 1 saturated heterocycles. The van der Waals surface area contributed by atoms with Gasteiger partial charge in [-0.15, -0.1) is 0 Å². The first-order valence-electron chi connectivity index (χ1n) is 4.69. The van der Waals surface area contributed by atoms with E-state index in [0.29, 0.717) is 5.92 Å². The predicted molar refractivity (Wildman–Crippen MR) is 44.9 cm³/mol. The molecule has 1 aliphatic carbocycles. The van der Waals surface area contributed by atoms with Crippen LogP contribution in [0.4, 0.5) is 4.79 Å². The molecular formula is C9H15NO2. The van der Waals surface area contributed by atoms with Gasteiger partial charge in [0.05, 0.1) is 0 Å². The maximum absolute atomic E-state index is 11.2. The Balaban J connectivity index is 2.02. The largest absolute Gasteiger partial charge is 0.446 e. The minimum absolute atomic E-state index is 0.141. The van der Waals surface area contributed by atoms with Crippen LogP contribution in [0.3, 0.4) is 0 Å². The van der Waals surface area contributed by atoms with Crippen LogP contribution in [0, 0.1) is 5.92 Å². The Bertz CT molecular complexity index is 193. The Morgan fingerprint density at radius 3 is 3.00 bits per heavy atom. The number of rotatable bonds is 0. The minimum Gasteiger partial charge on any atom is -0.446 e. The molecule has 0 aromatic carbocycles. The number of hydrogen-bond acceptors (Lipinski definition) is 2. The van der Waals surface area contributed by atoms with Crippen molar-refractivity contribution in [2.24, 2.45) is 5.92 Å². The van der Waals surface area contributed by atoms with Crippen LogP contribution in [0.15, 0.2) is 0 Å². The van der Waals surface area contributed by atoms with Gasteiger partial charge >= 0.3 is 6.09 Å². The third-order valence-electron chi connectivity index (χ3n) is 2.91. The van der Waals surface area contributed by atoms with E-state index in [1.54, 1.807) is 4.90 Å². The van der Waals surface area contributed by atoms with Crippen LogP contribution >= 0.6 is 0 Å². The monoisotopic (exact) mass is 169 g/mol. The highest BCUT2D eigenvalue weighted by Gasteiger charge is 2.35. The topological polar surface area (TPSA) is 29.5 Å². The average Bonchev–Trinajstić information content (AvgIpc) is 2.07. The number of fused-ring (bicyclic) bond motifs is 1. The van der Waals surface area contributed by atoms with Crippen LogP contribution in [0.5, 0.6) is 0 Å². The number of hydrogen-bond donors (Lipinski definition) is 0. The molecule has 0 aromatic rings. The van der Waals surface area contributed by atoms with Gasteiger partial charge in [0.25, 0.3) is 0 Å². The van der Waals surface area contributed by atoms with Crippen LogP contribution in [0.1, 0.15) is 25.7 Å². The molecule has 1 aliphatic heterocycles. The molecule has 3 nitrogen and oxygen atoms in total. The highest BCUT2D eigenvalue weighted by molar-refractivity contribution is 5.68. The molecule has 1 amide bonds. The fourth-order valence-corrected chi connectivity index (χ4v) is 2.18. The Labute approximate surface area is 72.7 Å². The fraction of sp³-hybridized carbons (Fsp3) is 0.889. The summed E-state index contributed by atoms with van der Waals surface area (Å²) < 4.78 is 5.29. The number of nitrogens with zero attached hydrogens (tertiary/aromatic N) is 1. The Morgan fingerprint density at radius 2 is 2.17 bits per heavy atom. The summed E-state index contributed by atoms with van der Waals surface area (Å²) >= 11 is 0. The lowest BCUT2D eigenvalue weighted by Crippen LogP contribution is -2.47. The first-order chi connectivity index (χ1) is 5.77. The lowest BCUT2D eigenvalue weighted by Gasteiger charge is -2.38. The summed E-state index contributed by atoms with van der Waals surface area (Å²) in [6.45, 7) is 0.892. The molecule has 0 radical (unpaired) electrons. The molecule has 1 saturated carbocycles. The van der Waals surface area contributed by atoms with Crippen molar-refractivity contribution in [3.05, 3.63) is 0 Å². The molecule has 12 heavy (non-hydrogen) atoms. The van der Waals surface area contributed by atoms with Crippen molar-refractivity contribution in [3.63, 3.8) is 0 Å². The minimum atomic E-state index is -0.141. The summed E-state index contributed by atoms with van der Waals surface area (Å²) in [5.41, 5.74) is 0. The van der Waals surface area contributed by atoms with E-state index in [4.69, 9.17) is 4.74 Å². The summed E-state index contributed by atoms with van der Waals surface area (Å²) in [7, 11) is 1.81. The van der Waals surface area contributed by atoms with Crippen LogP contribution in [0.25, 0.3) is 0 Å². The van der Waals surface area contributed by atoms with Crippen LogP contribution in [-0.2, 0) is 4.74 Å². The molecule has 68 valence electrons. The second-order valence-electron chi connectivity index (χ2n) is 3.85. The number of carbonyl (C=O) groups is 1. The zero-order valence-electron chi connectivity index (χ0n) is 7.45. The van der Waals surface area contributed by atoms with E-state index in [1.165, 1.54) is 19.3 Å². The lowest BCUT2D eigenvalue weighted by molar-refractivity contribution is -0.0232. The summed E-state index contributed by atoms with van der Waals surface area (Å²) in [5, 5.41) is 0. The predicted octanol–water partition coefficient (Wildman–Crippen LogP) is 1.63. The number of amides is 1. The molecule has 0 spiro atoms. The standard InChI is InChI=1S/C9H15NO2/c1-10-6-7-4-2-3-5-8(7)12-9(10)11/h7-8H,2-6H2,1H3/t7-,8-/m1/s1. The van der Waals surface area contributed by atoms with Gasteiger partial charge in [-0.05, 0) is 19.3 Å². The Kier molecular flexibility index (Phi) is 1.95. The lowest BCUT2D eigenvalue weighted by atomic mass is 9.85. The van der Waals surface area contributed by atoms with E-state index in [-0.39, 0.29) is 12.2 Å². The van der Waals surface area contributed by atoms with Gasteiger partial charge in [0, 0.05) is 19.5 Å². The second kappa shape index (κ2) is 2.96. The van der Waals surface area contributed by atoms with Gasteiger partial charge in [0.15, 0.2) is 0 Å². The van der Waals surface area contributed by atoms with Gasteiger partial charge in [-0.3, -0.25) is 0 Å². The zero-order chi connectivity index (χ0) is 8.55. The van der Waals surface area contributed by atoms with Crippen molar-refractivity contribution in [1.29, 1.82) is 0 Å². The van der Waals surface area contributed by atoms with E-state index in [1.807, 2.05) is 7.05 Å². The molecule has 1 heterocycles. The fourth-order valence-electron chi connectivity index (χ4n) is 2.18. The first-order valence-corrected chi connectivity index (χ1v) is 4.69. The maximum Gasteiger partial charge on any atom is 0.409 e. The molecule has 0 unspecified atom stereocenters. The van der Waals surface area contributed by atoms with Crippen molar-refractivity contribution in [1.82, 2.24) is 4.90 Å². The van der Waals surface area contributed by atoms with Crippen molar-refractivity contribution in [2.75, 3.05) is 13.6 Å². The zero-order valence-corrected chi connectivity index (χ0v) is 7.45. The molecule has 2 fully saturated rings. The molecular weight excluding hydrogens is 154 g/mol. The molecule has 0 bridgehead atoms. The normalized spacial score (nSPS) is 35.8. The molecule has 2 atom stereocenters. The Hall–Kier alpha value is -0.730. The van der Waals surface area contributed by atoms with Crippen LogP contribution in [-0.4, -0.2) is 30.7 Å². The highest BCUT2D eigenvalue weighted by Crippen LogP contribution is 2.30. The molecule has 2 aliphatic rings. The summed E-state index contributed by atoms with van der Waals surface area (Å²) in [4.78, 5) is 12.8. The number of carbonyl (C=O) groups excluding carboxylic acids is 1. The first kappa shape index (κ1) is 7.90. The van der Waals surface area contributed by atoms with E-state index >= 15 is 0 Å². The van der Waals surface area contributed by atoms with Gasteiger partial charge in [-0.25, -0.2) is 4.79 Å². The van der Waals surface area contributed by atoms with Gasteiger partial charge in [0.1, 0.15) is 6.10 Å². The van der Waals surface area contributed by atoms with Crippen LogP contribution < -0.4 is 0 Å². The molecule has 0 aromatic heterocycles. The van der Waals surface area contributed by atoms with E-state index in [9.17, 15) is 4.79 Å². The number of ether oxygens (including phenoxy) is 1. The van der Waals surface area contributed by atoms with Crippen molar-refractivity contribution >= 4 is 6.09 Å². The summed E-state index contributed by atoms with van der Waals surface area (Å²) in [6.07, 6.45) is 4.90. The van der Waals surface area contributed by atoms with E-state index in [0.717, 1.165) is 13.0 Å². The third-order valence-corrected chi connectivity index (χ3v) is 2.91. The van der Waals surface area contributed by atoms with Gasteiger partial charge < -0.3 is 9.64 Å². The molecule has 3 heteroatoms. The third kappa shape index (κ3) is 1.28. The van der Waals surface area contributed by atoms with Gasteiger partial charge in [-0.2, -0.15) is 0 Å². The SMILES string of the molecule is CN1C[C@H]2CCCC[C@H]2OC1=O. The summed E-state index contributed by atoms with van der Waals surface area (Å²) in [5.74, 6) is 0.599. The van der Waals surface area contributed by atoms with Crippen LogP contribution in [0.2, 0.25) is 0 Å². The van der Waals surface area contributed by atoms with Crippen molar-refractivity contribution in [2.45, 2.75) is 31.8 Å². The van der Waals surface area contributed by atoms with Crippen molar-refractivity contribution in [3.8, 4) is 0 Å². The quantitative estimate of drug-likeness (QED) is 0.551. The maximum atomic E-state index is 11.2. The van der Waals surface area contributed by atoms with Gasteiger partial charge in [-0.1, -0.05) is 6.42 Å². The highest BCUT2D eigenvalue weighted by atomic mass is 16.6. The molecule has 2 rings (SSSR count). The smallest absolute Gasteiger partial charge is 0.409 e. The van der Waals surface area contributed by atoms with E-state index < -0.39 is 0 Å². The average molecular weight is 169 g/mol.